The number of halogens is 5. The zero-order chi connectivity index (χ0) is 22.0. The number of rotatable bonds is 3. The van der Waals surface area contributed by atoms with Crippen molar-refractivity contribution in [1.82, 2.24) is 24.5 Å². The highest BCUT2D eigenvalue weighted by Crippen LogP contribution is 2.45. The fourth-order valence-electron chi connectivity index (χ4n) is 4.04. The van der Waals surface area contributed by atoms with Gasteiger partial charge in [0.05, 0.1) is 6.42 Å². The first-order chi connectivity index (χ1) is 14.6. The summed E-state index contributed by atoms with van der Waals surface area (Å²) < 4.78 is 75.0. The van der Waals surface area contributed by atoms with Crippen molar-refractivity contribution in [3.8, 4) is 11.5 Å². The maximum absolute atomic E-state index is 13.5. The SMILES string of the molecule is Nc1nc2c3c(ccc2c2nc(C4CCCN(CCC(F)(F)F)C4)nn12)OC(F)(F)O3. The summed E-state index contributed by atoms with van der Waals surface area (Å²) in [6.45, 7) is 0.874. The predicted octanol–water partition coefficient (Wildman–Crippen LogP) is 3.31. The Balaban J connectivity index is 1.49. The Hall–Kier alpha value is -2.96. The quantitative estimate of drug-likeness (QED) is 0.620. The number of nitrogens with two attached hydrogens (primary N) is 1. The van der Waals surface area contributed by atoms with Gasteiger partial charge in [0.2, 0.25) is 5.95 Å². The van der Waals surface area contributed by atoms with Crippen molar-refractivity contribution in [3.05, 3.63) is 18.0 Å². The molecule has 31 heavy (non-hydrogen) atoms. The Bertz CT molecular complexity index is 1160. The zero-order valence-corrected chi connectivity index (χ0v) is 16.0. The van der Waals surface area contributed by atoms with Gasteiger partial charge in [-0.2, -0.15) is 17.7 Å². The van der Waals surface area contributed by atoms with Gasteiger partial charge in [0.1, 0.15) is 5.52 Å². The number of nitrogens with zero attached hydrogens (tertiary/aromatic N) is 5. The van der Waals surface area contributed by atoms with Gasteiger partial charge in [-0.1, -0.05) is 0 Å². The smallest absolute Gasteiger partial charge is 0.395 e. The summed E-state index contributed by atoms with van der Waals surface area (Å²) in [7, 11) is 0. The van der Waals surface area contributed by atoms with Crippen LogP contribution in [0, 0.1) is 0 Å². The summed E-state index contributed by atoms with van der Waals surface area (Å²) in [5.41, 5.74) is 6.34. The fourth-order valence-corrected chi connectivity index (χ4v) is 4.04. The second-order valence-electron chi connectivity index (χ2n) is 7.64. The fraction of sp³-hybridized carbons (Fsp3) is 0.500. The zero-order valence-electron chi connectivity index (χ0n) is 16.0. The molecule has 0 spiro atoms. The van der Waals surface area contributed by atoms with Crippen molar-refractivity contribution in [2.75, 3.05) is 25.4 Å². The second-order valence-corrected chi connectivity index (χ2v) is 7.64. The third-order valence-corrected chi connectivity index (χ3v) is 5.43. The number of fused-ring (bicyclic) bond motifs is 5. The van der Waals surface area contributed by atoms with E-state index < -0.39 is 18.9 Å². The van der Waals surface area contributed by atoms with Crippen LogP contribution < -0.4 is 15.2 Å². The number of nitrogen functional groups attached to an aromatic ring is 1. The molecule has 0 aliphatic carbocycles. The minimum absolute atomic E-state index is 0.0640. The molecule has 2 aliphatic rings. The predicted molar refractivity (Wildman–Crippen MR) is 98.0 cm³/mol. The first-order valence-corrected chi connectivity index (χ1v) is 9.63. The maximum atomic E-state index is 13.5. The first kappa shape index (κ1) is 20.0. The Morgan fingerprint density at radius 3 is 2.77 bits per heavy atom. The summed E-state index contributed by atoms with van der Waals surface area (Å²) in [6, 6.07) is 2.83. The van der Waals surface area contributed by atoms with Crippen LogP contribution in [0.2, 0.25) is 0 Å². The van der Waals surface area contributed by atoms with Crippen LogP contribution in [-0.4, -0.2) is 56.6 Å². The molecule has 1 atom stereocenters. The van der Waals surface area contributed by atoms with E-state index >= 15 is 0 Å². The van der Waals surface area contributed by atoms with E-state index in [9.17, 15) is 22.0 Å². The van der Waals surface area contributed by atoms with E-state index in [0.29, 0.717) is 42.8 Å². The van der Waals surface area contributed by atoms with Crippen molar-refractivity contribution in [2.24, 2.45) is 0 Å². The number of anilines is 1. The highest BCUT2D eigenvalue weighted by Gasteiger charge is 2.45. The lowest BCUT2D eigenvalue weighted by molar-refractivity contribution is -0.286. The van der Waals surface area contributed by atoms with Crippen molar-refractivity contribution in [3.63, 3.8) is 0 Å². The molecule has 0 amide bonds. The van der Waals surface area contributed by atoms with Crippen LogP contribution in [0.25, 0.3) is 16.6 Å². The van der Waals surface area contributed by atoms with Gasteiger partial charge in [-0.3, -0.25) is 0 Å². The molecular formula is C18H17F5N6O2. The van der Waals surface area contributed by atoms with Gasteiger partial charge in [-0.25, -0.2) is 9.97 Å². The average Bonchev–Trinajstić information content (AvgIpc) is 3.27. The lowest BCUT2D eigenvalue weighted by Gasteiger charge is -2.31. The van der Waals surface area contributed by atoms with Crippen molar-refractivity contribution in [2.45, 2.75) is 37.7 Å². The minimum Gasteiger partial charge on any atom is -0.395 e. The molecule has 166 valence electrons. The van der Waals surface area contributed by atoms with E-state index in [1.165, 1.54) is 16.6 Å². The van der Waals surface area contributed by atoms with E-state index in [1.54, 1.807) is 4.90 Å². The van der Waals surface area contributed by atoms with Gasteiger partial charge >= 0.3 is 12.5 Å². The average molecular weight is 444 g/mol. The number of aromatic nitrogens is 4. The Morgan fingerprint density at radius 2 is 2.00 bits per heavy atom. The van der Waals surface area contributed by atoms with Crippen LogP contribution in [0.5, 0.6) is 11.5 Å². The summed E-state index contributed by atoms with van der Waals surface area (Å²) >= 11 is 0. The van der Waals surface area contributed by atoms with Crippen LogP contribution in [0.3, 0.4) is 0 Å². The lowest BCUT2D eigenvalue weighted by atomic mass is 9.97. The summed E-state index contributed by atoms with van der Waals surface area (Å²) in [5, 5.41) is 4.79. The first-order valence-electron chi connectivity index (χ1n) is 9.63. The van der Waals surface area contributed by atoms with E-state index in [2.05, 4.69) is 24.5 Å². The normalized spacial score (nSPS) is 21.3. The highest BCUT2D eigenvalue weighted by molar-refractivity contribution is 5.97. The molecule has 1 aromatic carbocycles. The Labute approximate surface area is 171 Å². The number of likely N-dealkylation sites (tertiary alicyclic amines) is 1. The molecule has 0 bridgehead atoms. The third-order valence-electron chi connectivity index (χ3n) is 5.43. The monoisotopic (exact) mass is 444 g/mol. The molecule has 1 unspecified atom stereocenters. The van der Waals surface area contributed by atoms with Crippen LogP contribution in [0.15, 0.2) is 12.1 Å². The molecule has 13 heteroatoms. The number of alkyl halides is 5. The summed E-state index contributed by atoms with van der Waals surface area (Å²) in [4.78, 5) is 10.4. The summed E-state index contributed by atoms with van der Waals surface area (Å²) in [6.07, 6.45) is -7.47. The Morgan fingerprint density at radius 1 is 1.19 bits per heavy atom. The van der Waals surface area contributed by atoms with Crippen molar-refractivity contribution >= 4 is 22.5 Å². The van der Waals surface area contributed by atoms with Crippen LogP contribution >= 0.6 is 0 Å². The molecule has 2 N–H and O–H groups in total. The molecule has 0 saturated carbocycles. The molecule has 4 heterocycles. The van der Waals surface area contributed by atoms with E-state index in [0.717, 1.165) is 0 Å². The number of hydrogen-bond donors (Lipinski definition) is 1. The molecule has 5 rings (SSSR count). The van der Waals surface area contributed by atoms with E-state index in [-0.39, 0.29) is 35.4 Å². The van der Waals surface area contributed by atoms with E-state index in [4.69, 9.17) is 5.73 Å². The van der Waals surface area contributed by atoms with Gasteiger partial charge in [0.25, 0.3) is 0 Å². The number of benzene rings is 1. The standard InChI is InChI=1S/C18H17F5N6O2/c19-17(20,21)5-7-28-6-1-2-9(8-28)14-26-15-10-3-4-11-13(31-18(22,23)30-11)12(10)25-16(24)29(15)27-14/h3-4,9H,1-2,5-8H2,(H2,24,25). The minimum atomic E-state index is -4.21. The largest absolute Gasteiger partial charge is 0.586 e. The molecule has 8 nitrogen and oxygen atoms in total. The molecule has 3 aromatic rings. The topological polar surface area (TPSA) is 90.8 Å². The van der Waals surface area contributed by atoms with E-state index in [1.807, 2.05) is 0 Å². The number of ether oxygens (including phenoxy) is 2. The molecule has 2 aliphatic heterocycles. The van der Waals surface area contributed by atoms with Crippen LogP contribution in [-0.2, 0) is 0 Å². The van der Waals surface area contributed by atoms with Crippen LogP contribution in [0.4, 0.5) is 27.9 Å². The van der Waals surface area contributed by atoms with Gasteiger partial charge in [-0.15, -0.1) is 13.9 Å². The van der Waals surface area contributed by atoms with Crippen molar-refractivity contribution in [1.29, 1.82) is 0 Å². The van der Waals surface area contributed by atoms with Gasteiger partial charge in [0.15, 0.2) is 23.0 Å². The molecule has 2 aromatic heterocycles. The Kier molecular flexibility index (Phi) is 4.36. The third kappa shape index (κ3) is 3.66. The molecule has 0 radical (unpaired) electrons. The highest BCUT2D eigenvalue weighted by atomic mass is 19.4. The van der Waals surface area contributed by atoms with Gasteiger partial charge in [0, 0.05) is 24.4 Å². The molecular weight excluding hydrogens is 427 g/mol. The van der Waals surface area contributed by atoms with Gasteiger partial charge < -0.3 is 20.1 Å². The molecule has 1 saturated heterocycles. The number of piperidine rings is 1. The summed E-state index contributed by atoms with van der Waals surface area (Å²) in [5.74, 6) is -0.257. The second kappa shape index (κ2) is 6.77. The lowest BCUT2D eigenvalue weighted by Crippen LogP contribution is -2.37. The van der Waals surface area contributed by atoms with Crippen LogP contribution in [0.1, 0.15) is 31.0 Å². The van der Waals surface area contributed by atoms with Crippen molar-refractivity contribution < 1.29 is 31.4 Å². The van der Waals surface area contributed by atoms with Gasteiger partial charge in [-0.05, 0) is 31.5 Å². The molecule has 1 fully saturated rings. The maximum Gasteiger partial charge on any atom is 0.586 e. The number of hydrogen-bond acceptors (Lipinski definition) is 7.